The van der Waals surface area contributed by atoms with Crippen LogP contribution in [0.1, 0.15) is 11.1 Å². The Morgan fingerprint density at radius 3 is 2.69 bits per heavy atom. The number of rotatable bonds is 4. The van der Waals surface area contributed by atoms with Crippen LogP contribution < -0.4 is 15.5 Å². The normalized spacial score (nSPS) is 16.0. The molecular formula is C23H25N5O4. The molecule has 2 N–H and O–H groups in total. The molecule has 0 bridgehead atoms. The highest BCUT2D eigenvalue weighted by Crippen LogP contribution is 2.25. The van der Waals surface area contributed by atoms with Crippen molar-refractivity contribution in [1.82, 2.24) is 15.2 Å². The number of nitrogens with zero attached hydrogens (tertiary/aromatic N) is 3. The molecule has 0 radical (unpaired) electrons. The van der Waals surface area contributed by atoms with Crippen LogP contribution in [-0.2, 0) is 22.5 Å². The third-order valence-corrected chi connectivity index (χ3v) is 5.76. The van der Waals surface area contributed by atoms with Gasteiger partial charge in [0, 0.05) is 37.9 Å². The predicted octanol–water partition coefficient (Wildman–Crippen LogP) is 2.37. The maximum Gasteiger partial charge on any atom is 0.318 e. The number of anilines is 2. The summed E-state index contributed by atoms with van der Waals surface area (Å²) in [6.07, 6.45) is 0.819. The van der Waals surface area contributed by atoms with E-state index in [0.29, 0.717) is 43.6 Å². The van der Waals surface area contributed by atoms with E-state index in [0.717, 1.165) is 30.6 Å². The number of carbonyl (C=O) groups excluding carboxylic acids is 2. The van der Waals surface area contributed by atoms with Crippen molar-refractivity contribution >= 4 is 34.7 Å². The van der Waals surface area contributed by atoms with Crippen molar-refractivity contribution in [2.75, 3.05) is 49.6 Å². The Bertz CT molecular complexity index is 1140. The first-order valence-electron chi connectivity index (χ1n) is 10.8. The maximum atomic E-state index is 12.5. The summed E-state index contributed by atoms with van der Waals surface area (Å²) in [7, 11) is 0. The van der Waals surface area contributed by atoms with Crippen LogP contribution in [0.3, 0.4) is 0 Å². The minimum Gasteiger partial charge on any atom is -0.423 e. The van der Waals surface area contributed by atoms with Crippen molar-refractivity contribution < 1.29 is 18.7 Å². The van der Waals surface area contributed by atoms with Crippen molar-refractivity contribution in [2.24, 2.45) is 0 Å². The van der Waals surface area contributed by atoms with E-state index in [-0.39, 0.29) is 18.5 Å². The molecule has 0 unspecified atom stereocenters. The zero-order valence-electron chi connectivity index (χ0n) is 17.7. The Hall–Kier alpha value is -3.59. The van der Waals surface area contributed by atoms with Gasteiger partial charge in [0.1, 0.15) is 5.52 Å². The van der Waals surface area contributed by atoms with E-state index in [1.165, 1.54) is 5.56 Å². The van der Waals surface area contributed by atoms with Crippen LogP contribution in [0.15, 0.2) is 46.9 Å². The SMILES string of the molecule is O=C(CNC(=O)N1CCc2ccccc2C1)Nc1ccc2nc(N3CCOCC3)oc2c1. The number of urea groups is 1. The summed E-state index contributed by atoms with van der Waals surface area (Å²) in [5.74, 6) is -0.303. The number of hydrogen-bond donors (Lipinski definition) is 2. The van der Waals surface area contributed by atoms with Crippen molar-refractivity contribution in [1.29, 1.82) is 0 Å². The highest BCUT2D eigenvalue weighted by molar-refractivity contribution is 5.95. The standard InChI is InChI=1S/C23H25N5O4/c29-21(14-24-22(30)28-8-7-16-3-1-2-4-17(16)15-28)25-18-5-6-19-20(13-18)32-23(26-19)27-9-11-31-12-10-27/h1-6,13H,7-12,14-15H2,(H,24,30)(H,25,29). The molecule has 32 heavy (non-hydrogen) atoms. The van der Waals surface area contributed by atoms with E-state index in [9.17, 15) is 9.59 Å². The van der Waals surface area contributed by atoms with E-state index in [4.69, 9.17) is 9.15 Å². The predicted molar refractivity (Wildman–Crippen MR) is 120 cm³/mol. The third kappa shape index (κ3) is 4.38. The van der Waals surface area contributed by atoms with Crippen LogP contribution in [0.5, 0.6) is 0 Å². The molecule has 3 heterocycles. The highest BCUT2D eigenvalue weighted by Gasteiger charge is 2.21. The number of aromatic nitrogens is 1. The zero-order valence-corrected chi connectivity index (χ0v) is 17.7. The van der Waals surface area contributed by atoms with E-state index >= 15 is 0 Å². The molecule has 166 valence electrons. The molecule has 1 aromatic heterocycles. The lowest BCUT2D eigenvalue weighted by molar-refractivity contribution is -0.115. The molecule has 1 fully saturated rings. The van der Waals surface area contributed by atoms with Gasteiger partial charge in [-0.1, -0.05) is 24.3 Å². The molecule has 2 aliphatic heterocycles. The van der Waals surface area contributed by atoms with Gasteiger partial charge in [0.15, 0.2) is 5.58 Å². The second-order valence-corrected chi connectivity index (χ2v) is 7.93. The van der Waals surface area contributed by atoms with Crippen LogP contribution in [0.2, 0.25) is 0 Å². The topological polar surface area (TPSA) is 99.9 Å². The Labute approximate surface area is 185 Å². The van der Waals surface area contributed by atoms with Crippen LogP contribution in [0.25, 0.3) is 11.1 Å². The van der Waals surface area contributed by atoms with Gasteiger partial charge in [-0.3, -0.25) is 4.79 Å². The van der Waals surface area contributed by atoms with Crippen LogP contribution in [0.4, 0.5) is 16.5 Å². The monoisotopic (exact) mass is 435 g/mol. The first-order chi connectivity index (χ1) is 15.7. The van der Waals surface area contributed by atoms with Crippen molar-refractivity contribution in [3.63, 3.8) is 0 Å². The fourth-order valence-electron chi connectivity index (χ4n) is 4.02. The molecule has 0 spiro atoms. The third-order valence-electron chi connectivity index (χ3n) is 5.76. The van der Waals surface area contributed by atoms with E-state index < -0.39 is 0 Å². The summed E-state index contributed by atoms with van der Waals surface area (Å²) in [6, 6.07) is 13.8. The summed E-state index contributed by atoms with van der Waals surface area (Å²) in [5.41, 5.74) is 4.33. The number of ether oxygens (including phenoxy) is 1. The molecule has 5 rings (SSSR count). The molecule has 0 atom stereocenters. The Balaban J connectivity index is 1.16. The molecule has 3 aromatic rings. The summed E-state index contributed by atoms with van der Waals surface area (Å²) in [4.78, 5) is 33.1. The largest absolute Gasteiger partial charge is 0.423 e. The Morgan fingerprint density at radius 1 is 1.03 bits per heavy atom. The van der Waals surface area contributed by atoms with Crippen LogP contribution >= 0.6 is 0 Å². The minimum atomic E-state index is -0.303. The van der Waals surface area contributed by atoms with Crippen molar-refractivity contribution in [2.45, 2.75) is 13.0 Å². The number of nitrogens with one attached hydrogen (secondary N) is 2. The summed E-state index contributed by atoms with van der Waals surface area (Å²) in [5, 5.41) is 5.51. The van der Waals surface area contributed by atoms with Gasteiger partial charge in [-0.05, 0) is 29.7 Å². The van der Waals surface area contributed by atoms with Gasteiger partial charge in [0.25, 0.3) is 6.01 Å². The number of benzene rings is 2. The second-order valence-electron chi connectivity index (χ2n) is 7.93. The number of carbonyl (C=O) groups is 2. The molecule has 2 aromatic carbocycles. The van der Waals surface area contributed by atoms with Crippen LogP contribution in [0, 0.1) is 0 Å². The minimum absolute atomic E-state index is 0.107. The Kier molecular flexibility index (Phi) is 5.64. The molecule has 3 amide bonds. The maximum absolute atomic E-state index is 12.5. The summed E-state index contributed by atoms with van der Waals surface area (Å²) in [6.45, 7) is 3.85. The Morgan fingerprint density at radius 2 is 1.84 bits per heavy atom. The van der Waals surface area contributed by atoms with Gasteiger partial charge in [-0.25, -0.2) is 4.79 Å². The summed E-state index contributed by atoms with van der Waals surface area (Å²) >= 11 is 0. The van der Waals surface area contributed by atoms with Gasteiger partial charge in [-0.15, -0.1) is 0 Å². The van der Waals surface area contributed by atoms with Crippen molar-refractivity contribution in [3.8, 4) is 0 Å². The average Bonchev–Trinajstić information content (AvgIpc) is 3.26. The quantitative estimate of drug-likeness (QED) is 0.653. The lowest BCUT2D eigenvalue weighted by atomic mass is 10.0. The smallest absolute Gasteiger partial charge is 0.318 e. The van der Waals surface area contributed by atoms with Gasteiger partial charge >= 0.3 is 6.03 Å². The number of oxazole rings is 1. The zero-order chi connectivity index (χ0) is 21.9. The van der Waals surface area contributed by atoms with E-state index in [2.05, 4.69) is 21.7 Å². The number of hydrogen-bond acceptors (Lipinski definition) is 6. The first kappa shape index (κ1) is 20.3. The fraction of sp³-hybridized carbons (Fsp3) is 0.348. The number of morpholine rings is 1. The molecular weight excluding hydrogens is 410 g/mol. The molecule has 2 aliphatic rings. The molecule has 9 heteroatoms. The second kappa shape index (κ2) is 8.88. The number of fused-ring (bicyclic) bond motifs is 2. The summed E-state index contributed by atoms with van der Waals surface area (Å²) < 4.78 is 11.2. The van der Waals surface area contributed by atoms with Gasteiger partial charge in [-0.2, -0.15) is 4.98 Å². The van der Waals surface area contributed by atoms with Gasteiger partial charge in [0.05, 0.1) is 19.8 Å². The first-order valence-corrected chi connectivity index (χ1v) is 10.8. The molecule has 0 saturated carbocycles. The number of amides is 3. The lowest BCUT2D eigenvalue weighted by Crippen LogP contribution is -2.45. The lowest BCUT2D eigenvalue weighted by Gasteiger charge is -2.28. The fourth-order valence-corrected chi connectivity index (χ4v) is 4.02. The van der Waals surface area contributed by atoms with Gasteiger partial charge in [0.2, 0.25) is 5.91 Å². The van der Waals surface area contributed by atoms with E-state index in [1.807, 2.05) is 29.2 Å². The highest BCUT2D eigenvalue weighted by atomic mass is 16.5. The van der Waals surface area contributed by atoms with E-state index in [1.54, 1.807) is 17.0 Å². The molecule has 9 nitrogen and oxygen atoms in total. The van der Waals surface area contributed by atoms with Gasteiger partial charge < -0.3 is 29.6 Å². The molecule has 1 saturated heterocycles. The van der Waals surface area contributed by atoms with Crippen LogP contribution in [-0.4, -0.2) is 61.2 Å². The average molecular weight is 435 g/mol. The molecule has 0 aliphatic carbocycles. The van der Waals surface area contributed by atoms with Crippen molar-refractivity contribution in [3.05, 3.63) is 53.6 Å².